The fourth-order valence-corrected chi connectivity index (χ4v) is 1.48. The van der Waals surface area contributed by atoms with Crippen molar-refractivity contribution in [3.8, 4) is 0 Å². The van der Waals surface area contributed by atoms with Crippen LogP contribution in [0.25, 0.3) is 0 Å². The zero-order valence-corrected chi connectivity index (χ0v) is 11.8. The zero-order chi connectivity index (χ0) is 14.6. The molecule has 0 aliphatic heterocycles. The average molecular weight is 268 g/mol. The third kappa shape index (κ3) is 4.52. The summed E-state index contributed by atoms with van der Waals surface area (Å²) in [6.07, 6.45) is 0.204. The molecule has 0 spiro atoms. The van der Waals surface area contributed by atoms with Crippen molar-refractivity contribution in [3.63, 3.8) is 0 Å². The summed E-state index contributed by atoms with van der Waals surface area (Å²) in [4.78, 5) is 11.9. The number of nitrogens with one attached hydrogen (secondary N) is 1. The molecule has 0 aliphatic carbocycles. The molecule has 5 heteroatoms. The minimum absolute atomic E-state index is 0.000240. The van der Waals surface area contributed by atoms with E-state index in [1.54, 1.807) is 6.92 Å². The van der Waals surface area contributed by atoms with Crippen LogP contribution in [-0.4, -0.2) is 17.6 Å². The number of halogens is 1. The lowest BCUT2D eigenvalue weighted by molar-refractivity contribution is -0.137. The van der Waals surface area contributed by atoms with Crippen LogP contribution in [0.3, 0.4) is 0 Å². The predicted octanol–water partition coefficient (Wildman–Crippen LogP) is 2.94. The van der Waals surface area contributed by atoms with Gasteiger partial charge in [-0.2, -0.15) is 0 Å². The van der Waals surface area contributed by atoms with Gasteiger partial charge < -0.3 is 15.8 Å². The number of rotatable bonds is 5. The van der Waals surface area contributed by atoms with E-state index in [1.807, 2.05) is 20.8 Å². The third-order valence-electron chi connectivity index (χ3n) is 2.98. The number of carbonyl (C=O) groups excluding carboxylic acids is 1. The summed E-state index contributed by atoms with van der Waals surface area (Å²) in [6.45, 7) is 7.52. The minimum atomic E-state index is -0.596. The van der Waals surface area contributed by atoms with Gasteiger partial charge in [0.05, 0.1) is 11.3 Å². The predicted molar refractivity (Wildman–Crippen MR) is 74.4 cm³/mol. The number of amides is 1. The number of hydrogen-bond donors (Lipinski definition) is 2. The highest BCUT2D eigenvalue weighted by atomic mass is 19.1. The molecule has 1 aromatic carbocycles. The Morgan fingerprint density at radius 2 is 2.16 bits per heavy atom. The van der Waals surface area contributed by atoms with Crippen LogP contribution in [0.15, 0.2) is 18.2 Å². The number of carbonyl (C=O) groups is 1. The van der Waals surface area contributed by atoms with Crippen LogP contribution < -0.4 is 11.1 Å². The van der Waals surface area contributed by atoms with Gasteiger partial charge in [-0.05, 0) is 45.4 Å². The van der Waals surface area contributed by atoms with Crippen molar-refractivity contribution in [2.24, 2.45) is 0 Å². The second-order valence-corrected chi connectivity index (χ2v) is 5.10. The number of hydrogen-bond acceptors (Lipinski definition) is 3. The number of nitrogen functional groups attached to an aromatic ring is 1. The summed E-state index contributed by atoms with van der Waals surface area (Å²) in [5.74, 6) is -0.790. The quantitative estimate of drug-likeness (QED) is 0.807. The van der Waals surface area contributed by atoms with Crippen molar-refractivity contribution in [1.82, 2.24) is 0 Å². The average Bonchev–Trinajstić information content (AvgIpc) is 2.33. The minimum Gasteiger partial charge on any atom is -0.396 e. The lowest BCUT2D eigenvalue weighted by Gasteiger charge is -2.27. The van der Waals surface area contributed by atoms with E-state index in [9.17, 15) is 9.18 Å². The van der Waals surface area contributed by atoms with Gasteiger partial charge in [0.25, 0.3) is 5.91 Å². The fourth-order valence-electron chi connectivity index (χ4n) is 1.48. The summed E-state index contributed by atoms with van der Waals surface area (Å²) >= 11 is 0. The van der Waals surface area contributed by atoms with Gasteiger partial charge in [-0.25, -0.2) is 4.39 Å². The molecule has 0 aromatic heterocycles. The third-order valence-corrected chi connectivity index (χ3v) is 2.98. The lowest BCUT2D eigenvalue weighted by Crippen LogP contribution is -2.36. The Kier molecular flexibility index (Phi) is 4.89. The van der Waals surface area contributed by atoms with Crippen LogP contribution in [0.5, 0.6) is 0 Å². The smallest absolute Gasteiger partial charge is 0.253 e. The van der Waals surface area contributed by atoms with Crippen LogP contribution in [-0.2, 0) is 9.53 Å². The largest absolute Gasteiger partial charge is 0.396 e. The molecule has 4 nitrogen and oxygen atoms in total. The maximum absolute atomic E-state index is 13.0. The zero-order valence-electron chi connectivity index (χ0n) is 11.8. The molecule has 1 rings (SSSR count). The van der Waals surface area contributed by atoms with E-state index in [0.29, 0.717) is 5.69 Å². The number of anilines is 2. The summed E-state index contributed by atoms with van der Waals surface area (Å²) in [6, 6.07) is 4.05. The standard InChI is InChI=1S/C14H21FN2O2/c1-5-14(3,4)19-9(2)13(18)17-10-6-7-11(15)12(16)8-10/h6-9H,5,16H2,1-4H3,(H,17,18). The molecule has 1 unspecified atom stereocenters. The molecule has 19 heavy (non-hydrogen) atoms. The molecule has 1 atom stereocenters. The van der Waals surface area contributed by atoms with Gasteiger partial charge in [0.2, 0.25) is 0 Å². The van der Waals surface area contributed by atoms with E-state index >= 15 is 0 Å². The molecular weight excluding hydrogens is 247 g/mol. The van der Waals surface area contributed by atoms with Gasteiger partial charge in [-0.1, -0.05) is 6.92 Å². The highest BCUT2D eigenvalue weighted by Gasteiger charge is 2.23. The van der Waals surface area contributed by atoms with Crippen LogP contribution in [0.4, 0.5) is 15.8 Å². The second-order valence-electron chi connectivity index (χ2n) is 5.10. The van der Waals surface area contributed by atoms with Gasteiger partial charge in [0, 0.05) is 5.69 Å². The van der Waals surface area contributed by atoms with Crippen LogP contribution >= 0.6 is 0 Å². The SMILES string of the molecule is CCC(C)(C)OC(C)C(=O)Nc1ccc(F)c(N)c1. The van der Waals surface area contributed by atoms with Gasteiger partial charge in [-0.15, -0.1) is 0 Å². The normalized spacial score (nSPS) is 13.1. The molecule has 0 aliphatic rings. The van der Waals surface area contributed by atoms with Crippen molar-refractivity contribution in [2.75, 3.05) is 11.1 Å². The Labute approximate surface area is 113 Å². The first-order chi connectivity index (χ1) is 8.75. The van der Waals surface area contributed by atoms with E-state index in [2.05, 4.69) is 5.32 Å². The van der Waals surface area contributed by atoms with Gasteiger partial charge in [0.1, 0.15) is 11.9 Å². The first-order valence-electron chi connectivity index (χ1n) is 6.29. The van der Waals surface area contributed by atoms with Gasteiger partial charge >= 0.3 is 0 Å². The van der Waals surface area contributed by atoms with Crippen LogP contribution in [0, 0.1) is 5.82 Å². The van der Waals surface area contributed by atoms with E-state index in [-0.39, 0.29) is 17.2 Å². The fraction of sp³-hybridized carbons (Fsp3) is 0.500. The highest BCUT2D eigenvalue weighted by molar-refractivity contribution is 5.94. The van der Waals surface area contributed by atoms with E-state index in [4.69, 9.17) is 10.5 Å². The second kappa shape index (κ2) is 6.02. The van der Waals surface area contributed by atoms with E-state index in [1.165, 1.54) is 18.2 Å². The van der Waals surface area contributed by atoms with Crippen LogP contribution in [0.1, 0.15) is 34.1 Å². The molecule has 0 saturated heterocycles. The Morgan fingerprint density at radius 3 is 2.68 bits per heavy atom. The monoisotopic (exact) mass is 268 g/mol. The Morgan fingerprint density at radius 1 is 1.53 bits per heavy atom. The first kappa shape index (κ1) is 15.4. The first-order valence-corrected chi connectivity index (χ1v) is 6.29. The topological polar surface area (TPSA) is 64.3 Å². The van der Waals surface area contributed by atoms with E-state index in [0.717, 1.165) is 6.42 Å². The summed E-state index contributed by atoms with van der Waals surface area (Å²) < 4.78 is 18.7. The van der Waals surface area contributed by atoms with E-state index < -0.39 is 11.9 Å². The Bertz CT molecular complexity index is 461. The number of ether oxygens (including phenoxy) is 1. The van der Waals surface area contributed by atoms with Gasteiger partial charge in [-0.3, -0.25) is 4.79 Å². The highest BCUT2D eigenvalue weighted by Crippen LogP contribution is 2.19. The van der Waals surface area contributed by atoms with Crippen molar-refractivity contribution in [3.05, 3.63) is 24.0 Å². The van der Waals surface area contributed by atoms with Crippen molar-refractivity contribution in [2.45, 2.75) is 45.8 Å². The van der Waals surface area contributed by atoms with Crippen molar-refractivity contribution < 1.29 is 13.9 Å². The molecule has 0 bridgehead atoms. The molecular formula is C14H21FN2O2. The molecule has 0 radical (unpaired) electrons. The van der Waals surface area contributed by atoms with Crippen LogP contribution in [0.2, 0.25) is 0 Å². The Hall–Kier alpha value is -1.62. The molecule has 1 amide bonds. The Balaban J connectivity index is 2.66. The summed E-state index contributed by atoms with van der Waals surface area (Å²) in [5.41, 5.74) is 5.53. The molecule has 3 N–H and O–H groups in total. The molecule has 0 heterocycles. The maximum Gasteiger partial charge on any atom is 0.253 e. The molecule has 106 valence electrons. The number of nitrogens with two attached hydrogens (primary N) is 1. The van der Waals surface area contributed by atoms with Gasteiger partial charge in [0.15, 0.2) is 0 Å². The number of benzene rings is 1. The van der Waals surface area contributed by atoms with Crippen molar-refractivity contribution in [1.29, 1.82) is 0 Å². The molecule has 1 aromatic rings. The maximum atomic E-state index is 13.0. The molecule has 0 fully saturated rings. The summed E-state index contributed by atoms with van der Waals surface area (Å²) in [7, 11) is 0. The van der Waals surface area contributed by atoms with Crippen molar-refractivity contribution >= 4 is 17.3 Å². The summed E-state index contributed by atoms with van der Waals surface area (Å²) in [5, 5.41) is 2.65. The lowest BCUT2D eigenvalue weighted by atomic mass is 10.1. The molecule has 0 saturated carbocycles.